The molecule has 16 rings (SSSR count). The predicted molar refractivity (Wildman–Crippen MR) is 505 cm³/mol. The average Bonchev–Trinajstić information content (AvgIpc) is 0.838. The second-order valence-electron chi connectivity index (χ2n) is 29.8. The Bertz CT molecular complexity index is 6430. The molecule has 1 aliphatic rings. The summed E-state index contributed by atoms with van der Waals surface area (Å²) in [4.78, 5) is 24.5. The number of benzene rings is 11. The molecule has 6 heteroatoms. The van der Waals surface area contributed by atoms with Crippen LogP contribution in [0.4, 0.5) is 0 Å². The van der Waals surface area contributed by atoms with Crippen LogP contribution in [0.5, 0.6) is 0 Å². The Morgan fingerprint density at radius 2 is 0.832 bits per heavy atom. The molecule has 0 fully saturated rings. The lowest BCUT2D eigenvalue weighted by Gasteiger charge is -2.19. The van der Waals surface area contributed by atoms with Crippen molar-refractivity contribution >= 4 is 34.1 Å². The Balaban J connectivity index is 0.727. The Labute approximate surface area is 700 Å². The number of nitrogens with two attached hydrogens (primary N) is 1. The zero-order chi connectivity index (χ0) is 81.2. The second kappa shape index (κ2) is 37.2. The van der Waals surface area contributed by atoms with Crippen LogP contribution in [-0.4, -0.2) is 32.7 Å². The number of aliphatic imine (C=N–C) groups is 1. The maximum absolute atomic E-state index is 5.67. The third kappa shape index (κ3) is 17.9. The topological polar surface area (TPSA) is 89.9 Å². The number of rotatable bonds is 25. The highest BCUT2D eigenvalue weighted by molar-refractivity contribution is 6.07. The van der Waals surface area contributed by atoms with Crippen molar-refractivity contribution in [1.82, 2.24) is 19.9 Å². The van der Waals surface area contributed by atoms with Crippen molar-refractivity contribution in [1.29, 1.82) is 0 Å². The van der Waals surface area contributed by atoms with Gasteiger partial charge in [-0.05, 0) is 275 Å². The number of aromatic nitrogens is 4. The van der Waals surface area contributed by atoms with Gasteiger partial charge in [-0.15, -0.1) is 6.58 Å². The van der Waals surface area contributed by atoms with Crippen molar-refractivity contribution in [3.63, 3.8) is 0 Å². The predicted octanol–water partition coefficient (Wildman–Crippen LogP) is 29.4. The van der Waals surface area contributed by atoms with Gasteiger partial charge >= 0.3 is 0 Å². The molecule has 5 heterocycles. The van der Waals surface area contributed by atoms with E-state index in [1.807, 2.05) is 79.6 Å². The Hall–Kier alpha value is -14.9. The van der Waals surface area contributed by atoms with E-state index >= 15 is 0 Å². The van der Waals surface area contributed by atoms with Crippen molar-refractivity contribution in [2.24, 2.45) is 10.7 Å². The van der Waals surface area contributed by atoms with Gasteiger partial charge in [0.05, 0.1) is 29.3 Å². The van der Waals surface area contributed by atoms with Crippen LogP contribution in [0.15, 0.2) is 425 Å². The molecule has 1 unspecified atom stereocenters. The van der Waals surface area contributed by atoms with Gasteiger partial charge in [-0.2, -0.15) is 0 Å². The summed E-state index contributed by atoms with van der Waals surface area (Å²) in [5.41, 5.74) is 43.7. The summed E-state index contributed by atoms with van der Waals surface area (Å²) in [6, 6.07) is 114. The molecule has 1 aliphatic heterocycles. The molecule has 15 aromatic rings. The number of pyridine rings is 4. The van der Waals surface area contributed by atoms with E-state index in [0.29, 0.717) is 13.0 Å². The third-order valence-electron chi connectivity index (χ3n) is 22.3. The minimum absolute atomic E-state index is 0.215. The summed E-state index contributed by atoms with van der Waals surface area (Å²) in [5.74, 6) is 0.215. The van der Waals surface area contributed by atoms with E-state index in [1.165, 1.54) is 11.1 Å². The SMILES string of the molecule is C=CC/C=C(\C(=C/C)c1cc(-c2ccccc2-c2ccc(-c3ccccn3)cc2)cc(-c2ccccc2-c2ccc(C(C)/C=C\C=C/N)cc2)c1)c1ccc(-c2cccc(-c3ccc(/C(C)=C(/C=C\CC)c4cc(-c5ccccc5-c5ccc(C6=CC=CC=NC6)cc5)cc(-c5ccccc5-c5ccc(-c6ccccn6)cc5)c4)cn3)c2)nc1. The van der Waals surface area contributed by atoms with E-state index < -0.39 is 0 Å². The van der Waals surface area contributed by atoms with Crippen molar-refractivity contribution in [3.05, 3.63) is 453 Å². The Morgan fingerprint density at radius 3 is 1.27 bits per heavy atom. The van der Waals surface area contributed by atoms with Crippen molar-refractivity contribution in [2.75, 3.05) is 6.54 Å². The first kappa shape index (κ1) is 78.1. The van der Waals surface area contributed by atoms with Crippen LogP contribution >= 0.6 is 0 Å². The van der Waals surface area contributed by atoms with E-state index in [-0.39, 0.29) is 5.92 Å². The van der Waals surface area contributed by atoms with Gasteiger partial charge in [0.1, 0.15) is 0 Å². The smallest absolute Gasteiger partial charge is 0.0702 e. The normalized spacial score (nSPS) is 12.9. The molecule has 11 aromatic carbocycles. The maximum Gasteiger partial charge on any atom is 0.0702 e. The van der Waals surface area contributed by atoms with Crippen LogP contribution in [0, 0.1) is 0 Å². The molecular formula is C113H92N6. The molecule has 0 saturated carbocycles. The fourth-order valence-corrected chi connectivity index (χ4v) is 16.0. The van der Waals surface area contributed by atoms with Gasteiger partial charge in [0, 0.05) is 58.8 Å². The monoisotopic (exact) mass is 1530 g/mol. The standard InChI is InChI=1S/C113H92N6/c1-6-9-32-100(94-71-97(108-40-17-12-35-102(108)83-50-46-81(47-51-83)91-29-20-24-65-115-75-91)74-98(72-94)109-41-18-14-37-104(109)85-54-58-87(59-55-85)111-43-22-26-67-117-111)79(5)90-60-62-112(118-76-90)88-30-27-31-89(68-88)113-63-61-92(77-119-113)105(33-10-7-2)99(8-3)93-69-95(106-38-15-11-34-101(106)82-48-44-80(45-49-82)78(4)28-19-23-64-114)73-96(70-93)107-39-16-13-36-103(107)84-52-56-86(57-53-84)110-42-21-25-66-116-110/h7-9,11-74,76-78H,2,6,10,75,114H2,1,3-5H3/b28-19-,32-9-,64-23-,99-8-,100-79-,105-33-. The van der Waals surface area contributed by atoms with E-state index in [1.54, 1.807) is 6.20 Å². The fraction of sp³-hybridized carbons (Fsp3) is 0.0708. The van der Waals surface area contributed by atoms with Crippen molar-refractivity contribution < 1.29 is 0 Å². The minimum atomic E-state index is 0.215. The fourth-order valence-electron chi connectivity index (χ4n) is 16.0. The molecule has 574 valence electrons. The largest absolute Gasteiger partial charge is 0.405 e. The summed E-state index contributed by atoms with van der Waals surface area (Å²) in [5, 5.41) is 0. The first-order chi connectivity index (χ1) is 58.7. The van der Waals surface area contributed by atoms with Crippen LogP contribution in [0.25, 0.3) is 162 Å². The highest BCUT2D eigenvalue weighted by Crippen LogP contribution is 2.46. The van der Waals surface area contributed by atoms with Gasteiger partial charge in [-0.1, -0.05) is 305 Å². The average molecular weight is 1530 g/mol. The summed E-state index contributed by atoms with van der Waals surface area (Å²) in [7, 11) is 0. The van der Waals surface area contributed by atoms with E-state index in [2.05, 4.69) is 383 Å². The van der Waals surface area contributed by atoms with Crippen molar-refractivity contribution in [3.8, 4) is 134 Å². The molecule has 0 amide bonds. The number of allylic oxidation sites excluding steroid dienone is 15. The van der Waals surface area contributed by atoms with Gasteiger partial charge < -0.3 is 5.73 Å². The lowest BCUT2D eigenvalue weighted by atomic mass is 9.85. The molecule has 1 atom stereocenters. The van der Waals surface area contributed by atoms with Crippen LogP contribution < -0.4 is 5.73 Å². The number of hydrogen-bond acceptors (Lipinski definition) is 6. The lowest BCUT2D eigenvalue weighted by Crippen LogP contribution is -1.96. The summed E-state index contributed by atoms with van der Waals surface area (Å²) < 4.78 is 0. The molecule has 0 saturated heterocycles. The molecular weight excluding hydrogens is 1440 g/mol. The van der Waals surface area contributed by atoms with Crippen LogP contribution in [-0.2, 0) is 0 Å². The Kier molecular flexibility index (Phi) is 24.4. The summed E-state index contributed by atoms with van der Waals surface area (Å²) in [6.07, 6.45) is 36.0. The van der Waals surface area contributed by atoms with E-state index in [9.17, 15) is 0 Å². The molecule has 119 heavy (non-hydrogen) atoms. The number of hydrogen-bond donors (Lipinski definition) is 1. The van der Waals surface area contributed by atoms with Gasteiger partial charge in [0.15, 0.2) is 0 Å². The lowest BCUT2D eigenvalue weighted by molar-refractivity contribution is 0.968. The number of nitrogens with zero attached hydrogens (tertiary/aromatic N) is 5. The second-order valence-corrected chi connectivity index (χ2v) is 29.8. The molecule has 0 aliphatic carbocycles. The van der Waals surface area contributed by atoms with E-state index in [4.69, 9.17) is 15.7 Å². The highest BCUT2D eigenvalue weighted by atomic mass is 14.7. The highest BCUT2D eigenvalue weighted by Gasteiger charge is 2.22. The van der Waals surface area contributed by atoms with Crippen LogP contribution in [0.3, 0.4) is 0 Å². The van der Waals surface area contributed by atoms with Gasteiger partial charge in [0.2, 0.25) is 0 Å². The quantitative estimate of drug-likeness (QED) is 0.0455. The molecule has 6 nitrogen and oxygen atoms in total. The van der Waals surface area contributed by atoms with Gasteiger partial charge in [0.25, 0.3) is 0 Å². The minimum Gasteiger partial charge on any atom is -0.405 e. The molecule has 0 bridgehead atoms. The Morgan fingerprint density at radius 1 is 0.403 bits per heavy atom. The molecule has 2 N–H and O–H groups in total. The van der Waals surface area contributed by atoms with Gasteiger partial charge in [-0.3, -0.25) is 24.9 Å². The van der Waals surface area contributed by atoms with Crippen molar-refractivity contribution in [2.45, 2.75) is 46.5 Å². The van der Waals surface area contributed by atoms with Gasteiger partial charge in [-0.25, -0.2) is 0 Å². The molecule has 4 aromatic heterocycles. The zero-order valence-electron chi connectivity index (χ0n) is 67.6. The van der Waals surface area contributed by atoms with Crippen LogP contribution in [0.1, 0.15) is 79.8 Å². The first-order valence-electron chi connectivity index (χ1n) is 40.9. The van der Waals surface area contributed by atoms with Crippen LogP contribution in [0.2, 0.25) is 0 Å². The van der Waals surface area contributed by atoms with E-state index in [0.717, 1.165) is 191 Å². The first-order valence-corrected chi connectivity index (χ1v) is 40.9. The zero-order valence-corrected chi connectivity index (χ0v) is 67.6. The molecule has 0 radical (unpaired) electrons. The summed E-state index contributed by atoms with van der Waals surface area (Å²) in [6.45, 7) is 13.6. The summed E-state index contributed by atoms with van der Waals surface area (Å²) >= 11 is 0. The molecule has 0 spiro atoms. The third-order valence-corrected chi connectivity index (χ3v) is 22.3. The maximum atomic E-state index is 5.67.